The summed E-state index contributed by atoms with van der Waals surface area (Å²) >= 11 is 3.38. The van der Waals surface area contributed by atoms with Gasteiger partial charge in [-0.3, -0.25) is 4.79 Å². The molecule has 2 unspecified atom stereocenters. The van der Waals surface area contributed by atoms with Crippen LogP contribution in [0.15, 0.2) is 28.7 Å². The van der Waals surface area contributed by atoms with Gasteiger partial charge in [-0.25, -0.2) is 0 Å². The Bertz CT molecular complexity index is 401. The molecule has 1 aromatic carbocycles. The summed E-state index contributed by atoms with van der Waals surface area (Å²) in [5.41, 5.74) is 0.745. The first kappa shape index (κ1) is 13.6. The van der Waals surface area contributed by atoms with E-state index in [0.717, 1.165) is 16.5 Å². The molecule has 18 heavy (non-hydrogen) atoms. The molecule has 1 N–H and O–H groups in total. The van der Waals surface area contributed by atoms with Gasteiger partial charge in [0.2, 0.25) is 0 Å². The molecule has 2 atom stereocenters. The van der Waals surface area contributed by atoms with Crippen molar-refractivity contribution in [1.82, 2.24) is 5.32 Å². The number of rotatable bonds is 2. The number of carbonyl (C=O) groups excluding carboxylic acids is 1. The van der Waals surface area contributed by atoms with Crippen LogP contribution in [0.2, 0.25) is 0 Å². The number of carbonyl (C=O) groups is 1. The molecule has 0 heterocycles. The lowest BCUT2D eigenvalue weighted by molar-refractivity contribution is 0.0921. The number of hydrogen-bond acceptors (Lipinski definition) is 1. The Hall–Kier alpha value is -0.830. The first-order chi connectivity index (χ1) is 8.66. The van der Waals surface area contributed by atoms with Crippen LogP contribution in [0.4, 0.5) is 0 Å². The van der Waals surface area contributed by atoms with E-state index in [1.54, 1.807) is 0 Å². The molecule has 0 spiro atoms. The van der Waals surface area contributed by atoms with Crippen LogP contribution in [0, 0.1) is 5.92 Å². The third kappa shape index (κ3) is 3.58. The average molecular weight is 310 g/mol. The fourth-order valence-electron chi connectivity index (χ4n) is 2.56. The van der Waals surface area contributed by atoms with Crippen LogP contribution in [0.1, 0.15) is 49.4 Å². The van der Waals surface area contributed by atoms with E-state index >= 15 is 0 Å². The Labute approximate surface area is 117 Å². The summed E-state index contributed by atoms with van der Waals surface area (Å²) in [7, 11) is 0. The zero-order chi connectivity index (χ0) is 13.0. The van der Waals surface area contributed by atoms with E-state index in [0.29, 0.717) is 12.0 Å². The number of nitrogens with one attached hydrogen (secondary N) is 1. The summed E-state index contributed by atoms with van der Waals surface area (Å²) in [6.45, 7) is 2.25. The van der Waals surface area contributed by atoms with Crippen LogP contribution in [-0.4, -0.2) is 11.9 Å². The van der Waals surface area contributed by atoms with Crippen molar-refractivity contribution in [1.29, 1.82) is 0 Å². The predicted molar refractivity (Wildman–Crippen MR) is 77.6 cm³/mol. The number of amides is 1. The third-order valence-corrected chi connectivity index (χ3v) is 4.31. The zero-order valence-electron chi connectivity index (χ0n) is 10.8. The summed E-state index contributed by atoms with van der Waals surface area (Å²) in [5, 5.41) is 3.19. The minimum Gasteiger partial charge on any atom is -0.349 e. The van der Waals surface area contributed by atoms with Crippen LogP contribution in [0.5, 0.6) is 0 Å². The monoisotopic (exact) mass is 309 g/mol. The second-order valence-electron chi connectivity index (χ2n) is 5.20. The Balaban J connectivity index is 1.99. The Morgan fingerprint density at radius 1 is 1.17 bits per heavy atom. The van der Waals surface area contributed by atoms with Crippen molar-refractivity contribution in [2.24, 2.45) is 5.92 Å². The molecule has 0 aromatic heterocycles. The lowest BCUT2D eigenvalue weighted by Gasteiger charge is -2.22. The van der Waals surface area contributed by atoms with Gasteiger partial charge in [-0.15, -0.1) is 0 Å². The van der Waals surface area contributed by atoms with E-state index in [4.69, 9.17) is 0 Å². The van der Waals surface area contributed by atoms with Crippen molar-refractivity contribution in [2.75, 3.05) is 0 Å². The first-order valence-corrected chi connectivity index (χ1v) is 7.52. The molecule has 1 fully saturated rings. The van der Waals surface area contributed by atoms with Crippen LogP contribution in [0.3, 0.4) is 0 Å². The van der Waals surface area contributed by atoms with E-state index < -0.39 is 0 Å². The maximum absolute atomic E-state index is 12.2. The minimum absolute atomic E-state index is 0.0567. The molecule has 1 aliphatic rings. The molecule has 0 saturated heterocycles. The molecular formula is C15H20BrNO. The van der Waals surface area contributed by atoms with Gasteiger partial charge in [0.25, 0.3) is 5.91 Å². The molecule has 1 amide bonds. The zero-order valence-corrected chi connectivity index (χ0v) is 12.4. The lowest BCUT2D eigenvalue weighted by Crippen LogP contribution is -2.38. The molecule has 0 aliphatic heterocycles. The first-order valence-electron chi connectivity index (χ1n) is 6.73. The van der Waals surface area contributed by atoms with Crippen molar-refractivity contribution < 1.29 is 4.79 Å². The maximum Gasteiger partial charge on any atom is 0.251 e. The number of hydrogen-bond donors (Lipinski definition) is 1. The van der Waals surface area contributed by atoms with Gasteiger partial charge in [0.1, 0.15) is 0 Å². The highest BCUT2D eigenvalue weighted by Gasteiger charge is 2.21. The minimum atomic E-state index is 0.0567. The predicted octanol–water partition coefficient (Wildman–Crippen LogP) is 4.15. The van der Waals surface area contributed by atoms with Gasteiger partial charge in [0.15, 0.2) is 0 Å². The van der Waals surface area contributed by atoms with Crippen LogP contribution in [-0.2, 0) is 0 Å². The highest BCUT2D eigenvalue weighted by atomic mass is 79.9. The SMILES string of the molecule is CC1CCCCCC1NC(=O)c1ccc(Br)cc1. The van der Waals surface area contributed by atoms with E-state index in [1.165, 1.54) is 25.7 Å². The smallest absolute Gasteiger partial charge is 0.251 e. The quantitative estimate of drug-likeness (QED) is 0.817. The molecule has 3 heteroatoms. The third-order valence-electron chi connectivity index (χ3n) is 3.78. The molecule has 0 bridgehead atoms. The molecular weight excluding hydrogens is 290 g/mol. The average Bonchev–Trinajstić information content (AvgIpc) is 2.56. The van der Waals surface area contributed by atoms with E-state index in [2.05, 4.69) is 28.2 Å². The van der Waals surface area contributed by atoms with Crippen LogP contribution < -0.4 is 5.32 Å². The van der Waals surface area contributed by atoms with Gasteiger partial charge in [-0.2, -0.15) is 0 Å². The van der Waals surface area contributed by atoms with E-state index in [-0.39, 0.29) is 5.91 Å². The van der Waals surface area contributed by atoms with Crippen molar-refractivity contribution >= 4 is 21.8 Å². The van der Waals surface area contributed by atoms with Crippen molar-refractivity contribution in [3.8, 4) is 0 Å². The van der Waals surface area contributed by atoms with Gasteiger partial charge >= 0.3 is 0 Å². The fourth-order valence-corrected chi connectivity index (χ4v) is 2.82. The summed E-state index contributed by atoms with van der Waals surface area (Å²) < 4.78 is 1.00. The largest absolute Gasteiger partial charge is 0.349 e. The van der Waals surface area contributed by atoms with E-state index in [1.807, 2.05) is 24.3 Å². The highest BCUT2D eigenvalue weighted by Crippen LogP contribution is 2.23. The van der Waals surface area contributed by atoms with Crippen molar-refractivity contribution in [3.05, 3.63) is 34.3 Å². The van der Waals surface area contributed by atoms with Crippen molar-refractivity contribution in [3.63, 3.8) is 0 Å². The van der Waals surface area contributed by atoms with Gasteiger partial charge in [-0.05, 0) is 43.0 Å². The van der Waals surface area contributed by atoms with Gasteiger partial charge in [-0.1, -0.05) is 42.1 Å². The highest BCUT2D eigenvalue weighted by molar-refractivity contribution is 9.10. The van der Waals surface area contributed by atoms with E-state index in [9.17, 15) is 4.79 Å². The Kier molecular flexibility index (Phi) is 4.81. The normalized spacial score (nSPS) is 24.3. The summed E-state index contributed by atoms with van der Waals surface area (Å²) in [4.78, 5) is 12.2. The molecule has 0 radical (unpaired) electrons. The summed E-state index contributed by atoms with van der Waals surface area (Å²) in [5.74, 6) is 0.646. The van der Waals surface area contributed by atoms with Gasteiger partial charge in [0, 0.05) is 16.1 Å². The summed E-state index contributed by atoms with van der Waals surface area (Å²) in [6, 6.07) is 7.88. The summed E-state index contributed by atoms with van der Waals surface area (Å²) in [6.07, 6.45) is 6.17. The van der Waals surface area contributed by atoms with Crippen LogP contribution >= 0.6 is 15.9 Å². The molecule has 2 nitrogen and oxygen atoms in total. The number of benzene rings is 1. The Morgan fingerprint density at radius 2 is 1.83 bits per heavy atom. The maximum atomic E-state index is 12.2. The molecule has 1 aliphatic carbocycles. The fraction of sp³-hybridized carbons (Fsp3) is 0.533. The molecule has 2 rings (SSSR count). The Morgan fingerprint density at radius 3 is 2.56 bits per heavy atom. The molecule has 1 saturated carbocycles. The van der Waals surface area contributed by atoms with Crippen LogP contribution in [0.25, 0.3) is 0 Å². The van der Waals surface area contributed by atoms with Gasteiger partial charge in [0.05, 0.1) is 0 Å². The molecule has 1 aromatic rings. The second kappa shape index (κ2) is 6.37. The number of halogens is 1. The second-order valence-corrected chi connectivity index (χ2v) is 6.12. The van der Waals surface area contributed by atoms with Gasteiger partial charge < -0.3 is 5.32 Å². The standard InChI is InChI=1S/C15H20BrNO/c1-11-5-3-2-4-6-14(11)17-15(18)12-7-9-13(16)10-8-12/h7-11,14H,2-6H2,1H3,(H,17,18). The lowest BCUT2D eigenvalue weighted by atomic mass is 9.96. The van der Waals surface area contributed by atoms with Crippen molar-refractivity contribution in [2.45, 2.75) is 45.1 Å². The topological polar surface area (TPSA) is 29.1 Å². The molecule has 98 valence electrons.